The van der Waals surface area contributed by atoms with Crippen molar-refractivity contribution in [3.05, 3.63) is 46.9 Å². The number of esters is 1. The second-order valence-electron chi connectivity index (χ2n) is 3.79. The molecular weight excluding hydrogens is 287 g/mol. The van der Waals surface area contributed by atoms with Gasteiger partial charge in [0.15, 0.2) is 0 Å². The maximum absolute atomic E-state index is 13.0. The molecule has 7 heteroatoms. The van der Waals surface area contributed by atoms with Gasteiger partial charge in [0.05, 0.1) is 24.0 Å². The van der Waals surface area contributed by atoms with E-state index in [1.165, 1.54) is 31.5 Å². The molecule has 2 aromatic rings. The lowest BCUT2D eigenvalue weighted by Crippen LogP contribution is -2.06. The third-order valence-corrected chi connectivity index (χ3v) is 2.67. The molecule has 2 rings (SSSR count). The number of carbonyl (C=O) groups excluding carboxylic acids is 1. The first-order valence-corrected chi connectivity index (χ1v) is 5.86. The molecule has 5 nitrogen and oxygen atoms in total. The third-order valence-electron chi connectivity index (χ3n) is 2.38. The van der Waals surface area contributed by atoms with E-state index in [1.807, 2.05) is 0 Å². The SMILES string of the molecule is COC(=O)c1cc(N)cnc1Oc1ccc(F)cc1Cl. The molecule has 1 aromatic carbocycles. The molecule has 0 saturated carbocycles. The van der Waals surface area contributed by atoms with Crippen LogP contribution in [0.4, 0.5) is 10.1 Å². The Hall–Kier alpha value is -2.34. The molecule has 0 aliphatic carbocycles. The maximum atomic E-state index is 13.0. The lowest BCUT2D eigenvalue weighted by atomic mass is 10.2. The summed E-state index contributed by atoms with van der Waals surface area (Å²) in [6, 6.07) is 4.96. The van der Waals surface area contributed by atoms with Crippen LogP contribution in [0.1, 0.15) is 10.4 Å². The van der Waals surface area contributed by atoms with Crippen molar-refractivity contribution in [1.82, 2.24) is 4.98 Å². The fourth-order valence-corrected chi connectivity index (χ4v) is 1.67. The van der Waals surface area contributed by atoms with E-state index in [0.717, 1.165) is 6.07 Å². The number of nitrogens with two attached hydrogens (primary N) is 1. The minimum absolute atomic E-state index is 0.0282. The highest BCUT2D eigenvalue weighted by Crippen LogP contribution is 2.31. The van der Waals surface area contributed by atoms with Crippen molar-refractivity contribution >= 4 is 23.3 Å². The van der Waals surface area contributed by atoms with Crippen molar-refractivity contribution < 1.29 is 18.7 Å². The van der Waals surface area contributed by atoms with Gasteiger partial charge in [-0.1, -0.05) is 11.6 Å². The predicted molar refractivity (Wildman–Crippen MR) is 71.5 cm³/mol. The zero-order valence-corrected chi connectivity index (χ0v) is 11.1. The van der Waals surface area contributed by atoms with E-state index < -0.39 is 11.8 Å². The quantitative estimate of drug-likeness (QED) is 0.881. The highest BCUT2D eigenvalue weighted by Gasteiger charge is 2.17. The van der Waals surface area contributed by atoms with Gasteiger partial charge in [0.1, 0.15) is 17.1 Å². The number of aromatic nitrogens is 1. The normalized spacial score (nSPS) is 10.2. The predicted octanol–water partition coefficient (Wildman–Crippen LogP) is 3.04. The second kappa shape index (κ2) is 5.75. The summed E-state index contributed by atoms with van der Waals surface area (Å²) in [6.45, 7) is 0. The van der Waals surface area contributed by atoms with Crippen LogP contribution in [-0.2, 0) is 4.74 Å². The molecule has 104 valence electrons. The summed E-state index contributed by atoms with van der Waals surface area (Å²) in [5.41, 5.74) is 5.89. The van der Waals surface area contributed by atoms with Crippen LogP contribution in [0, 0.1) is 5.82 Å². The van der Waals surface area contributed by atoms with Crippen molar-refractivity contribution in [3.8, 4) is 11.6 Å². The van der Waals surface area contributed by atoms with E-state index in [2.05, 4.69) is 9.72 Å². The fraction of sp³-hybridized carbons (Fsp3) is 0.0769. The highest BCUT2D eigenvalue weighted by atomic mass is 35.5. The van der Waals surface area contributed by atoms with E-state index in [1.54, 1.807) is 0 Å². The average molecular weight is 297 g/mol. The average Bonchev–Trinajstić information content (AvgIpc) is 2.42. The van der Waals surface area contributed by atoms with Gasteiger partial charge in [-0.15, -0.1) is 0 Å². The standard InChI is InChI=1S/C13H10ClFN2O3/c1-19-13(18)9-5-8(16)6-17-12(9)20-11-3-2-7(15)4-10(11)14/h2-6H,16H2,1H3. The summed E-state index contributed by atoms with van der Waals surface area (Å²) in [6.07, 6.45) is 1.32. The van der Waals surface area contributed by atoms with Crippen LogP contribution in [0.2, 0.25) is 5.02 Å². The Morgan fingerprint density at radius 2 is 2.15 bits per heavy atom. The largest absolute Gasteiger partial charge is 0.465 e. The molecule has 20 heavy (non-hydrogen) atoms. The van der Waals surface area contributed by atoms with E-state index >= 15 is 0 Å². The van der Waals surface area contributed by atoms with Gasteiger partial charge >= 0.3 is 5.97 Å². The van der Waals surface area contributed by atoms with E-state index in [9.17, 15) is 9.18 Å². The van der Waals surface area contributed by atoms with Crippen LogP contribution in [0.3, 0.4) is 0 Å². The van der Waals surface area contributed by atoms with Crippen LogP contribution in [0.15, 0.2) is 30.5 Å². The molecule has 1 heterocycles. The summed E-state index contributed by atoms with van der Waals surface area (Å²) < 4.78 is 23.0. The topological polar surface area (TPSA) is 74.4 Å². The van der Waals surface area contributed by atoms with Gasteiger partial charge in [-0.05, 0) is 24.3 Å². The van der Waals surface area contributed by atoms with Gasteiger partial charge in [-0.3, -0.25) is 0 Å². The molecule has 2 N–H and O–H groups in total. The van der Waals surface area contributed by atoms with Crippen LogP contribution < -0.4 is 10.5 Å². The Bertz CT molecular complexity index is 664. The molecule has 1 aromatic heterocycles. The minimum atomic E-state index is -0.655. The minimum Gasteiger partial charge on any atom is -0.465 e. The lowest BCUT2D eigenvalue weighted by Gasteiger charge is -2.10. The summed E-state index contributed by atoms with van der Waals surface area (Å²) in [7, 11) is 1.22. The van der Waals surface area contributed by atoms with Gasteiger partial charge in [0, 0.05) is 0 Å². The number of benzene rings is 1. The number of pyridine rings is 1. The number of anilines is 1. The third kappa shape index (κ3) is 2.97. The Morgan fingerprint density at radius 1 is 1.40 bits per heavy atom. The molecule has 0 amide bonds. The molecule has 0 bridgehead atoms. The molecular formula is C13H10ClFN2O3. The van der Waals surface area contributed by atoms with Crippen LogP contribution >= 0.6 is 11.6 Å². The van der Waals surface area contributed by atoms with E-state index in [4.69, 9.17) is 22.1 Å². The van der Waals surface area contributed by atoms with Gasteiger partial charge < -0.3 is 15.2 Å². The number of nitrogens with zero attached hydrogens (tertiary/aromatic N) is 1. The Kier molecular flexibility index (Phi) is 4.05. The maximum Gasteiger partial charge on any atom is 0.343 e. The highest BCUT2D eigenvalue weighted by molar-refractivity contribution is 6.32. The van der Waals surface area contributed by atoms with Crippen LogP contribution in [0.5, 0.6) is 11.6 Å². The molecule has 0 radical (unpaired) electrons. The molecule has 0 aliphatic heterocycles. The summed E-state index contributed by atoms with van der Waals surface area (Å²) in [4.78, 5) is 15.5. The van der Waals surface area contributed by atoms with Crippen molar-refractivity contribution in [2.75, 3.05) is 12.8 Å². The number of carbonyl (C=O) groups is 1. The number of methoxy groups -OCH3 is 1. The molecule has 0 fully saturated rings. The molecule has 0 atom stereocenters. The molecule has 0 saturated heterocycles. The lowest BCUT2D eigenvalue weighted by molar-refractivity contribution is 0.0597. The Balaban J connectivity index is 2.40. The molecule has 0 aliphatic rings. The van der Waals surface area contributed by atoms with Crippen molar-refractivity contribution in [2.24, 2.45) is 0 Å². The van der Waals surface area contributed by atoms with Crippen molar-refractivity contribution in [3.63, 3.8) is 0 Å². The zero-order chi connectivity index (χ0) is 14.7. The summed E-state index contributed by atoms with van der Waals surface area (Å²) in [5, 5.41) is 0.0550. The van der Waals surface area contributed by atoms with Crippen LogP contribution in [-0.4, -0.2) is 18.1 Å². The fourth-order valence-electron chi connectivity index (χ4n) is 1.47. The number of hydrogen-bond acceptors (Lipinski definition) is 5. The van der Waals surface area contributed by atoms with E-state index in [-0.39, 0.29) is 27.9 Å². The number of halogens is 2. The first kappa shape index (κ1) is 14.1. The Labute approximate surface area is 119 Å². The number of nitrogen functional groups attached to an aromatic ring is 1. The summed E-state index contributed by atoms with van der Waals surface area (Å²) in [5.74, 6) is -1.02. The van der Waals surface area contributed by atoms with Crippen LogP contribution in [0.25, 0.3) is 0 Å². The first-order chi connectivity index (χ1) is 9.51. The number of hydrogen-bond donors (Lipinski definition) is 1. The smallest absolute Gasteiger partial charge is 0.343 e. The number of rotatable bonds is 3. The van der Waals surface area contributed by atoms with Crippen molar-refractivity contribution in [2.45, 2.75) is 0 Å². The van der Waals surface area contributed by atoms with Crippen molar-refractivity contribution in [1.29, 1.82) is 0 Å². The van der Waals surface area contributed by atoms with Gasteiger partial charge in [0.2, 0.25) is 5.88 Å². The number of ether oxygens (including phenoxy) is 2. The monoisotopic (exact) mass is 296 g/mol. The Morgan fingerprint density at radius 3 is 2.80 bits per heavy atom. The first-order valence-electron chi connectivity index (χ1n) is 5.48. The summed E-state index contributed by atoms with van der Waals surface area (Å²) >= 11 is 5.84. The second-order valence-corrected chi connectivity index (χ2v) is 4.20. The van der Waals surface area contributed by atoms with E-state index in [0.29, 0.717) is 0 Å². The zero-order valence-electron chi connectivity index (χ0n) is 10.4. The van der Waals surface area contributed by atoms with Gasteiger partial charge in [-0.25, -0.2) is 14.2 Å². The van der Waals surface area contributed by atoms with Gasteiger partial charge in [-0.2, -0.15) is 0 Å². The molecule has 0 unspecified atom stereocenters. The van der Waals surface area contributed by atoms with Gasteiger partial charge in [0.25, 0.3) is 0 Å². The molecule has 0 spiro atoms.